The Morgan fingerprint density at radius 1 is 1.31 bits per heavy atom. The number of benzene rings is 1. The third-order valence-electron chi connectivity index (χ3n) is 1.94. The van der Waals surface area contributed by atoms with E-state index in [0.717, 1.165) is 5.56 Å². The van der Waals surface area contributed by atoms with Crippen molar-refractivity contribution in [2.24, 2.45) is 5.84 Å². The predicted molar refractivity (Wildman–Crippen MR) is 61.4 cm³/mol. The van der Waals surface area contributed by atoms with Gasteiger partial charge in [0.1, 0.15) is 0 Å². The Bertz CT molecular complexity index is 500. The average molecular weight is 259 g/mol. The highest BCUT2D eigenvalue weighted by atomic mass is 35.5. The van der Waals surface area contributed by atoms with Crippen LogP contribution < -0.4 is 11.3 Å². The van der Waals surface area contributed by atoms with Crippen molar-refractivity contribution in [2.75, 3.05) is 5.43 Å². The molecule has 0 spiro atoms. The van der Waals surface area contributed by atoms with Crippen LogP contribution in [-0.2, 0) is 6.42 Å². The number of nitrogen functional groups attached to an aromatic ring is 1. The second-order valence-electron chi connectivity index (χ2n) is 3.09. The van der Waals surface area contributed by atoms with E-state index in [1.165, 1.54) is 0 Å². The van der Waals surface area contributed by atoms with Crippen molar-refractivity contribution >= 4 is 29.2 Å². The molecule has 2 rings (SSSR count). The van der Waals surface area contributed by atoms with Crippen LogP contribution in [0.25, 0.3) is 0 Å². The zero-order valence-corrected chi connectivity index (χ0v) is 9.59. The van der Waals surface area contributed by atoms with Gasteiger partial charge in [-0.1, -0.05) is 34.4 Å². The molecule has 0 amide bonds. The maximum Gasteiger partial charge on any atom is 0.335 e. The Kier molecular flexibility index (Phi) is 3.28. The summed E-state index contributed by atoms with van der Waals surface area (Å²) < 4.78 is 4.78. The molecule has 1 heterocycles. The number of hydrogen-bond acceptors (Lipinski definition) is 5. The fourth-order valence-electron chi connectivity index (χ4n) is 1.22. The topological polar surface area (TPSA) is 77.0 Å². The zero-order valence-electron chi connectivity index (χ0n) is 8.08. The van der Waals surface area contributed by atoms with Gasteiger partial charge in [0.05, 0.1) is 10.0 Å². The molecule has 7 heteroatoms. The van der Waals surface area contributed by atoms with Crippen molar-refractivity contribution in [1.82, 2.24) is 10.1 Å². The second kappa shape index (κ2) is 4.69. The number of nitrogens with one attached hydrogen (secondary N) is 1. The monoisotopic (exact) mass is 258 g/mol. The van der Waals surface area contributed by atoms with Gasteiger partial charge in [-0.3, -0.25) is 5.43 Å². The standard InChI is InChI=1S/C9H8Cl2N4O/c10-6-2-1-5(3-7(6)11)4-8-13-9(14-12)16-15-8/h1-3H,4,12H2,(H,13,14,15). The fourth-order valence-corrected chi connectivity index (χ4v) is 1.54. The van der Waals surface area contributed by atoms with Crippen LogP contribution >= 0.6 is 23.2 Å². The van der Waals surface area contributed by atoms with Crippen molar-refractivity contribution in [3.8, 4) is 0 Å². The summed E-state index contributed by atoms with van der Waals surface area (Å²) in [5.41, 5.74) is 3.21. The summed E-state index contributed by atoms with van der Waals surface area (Å²) in [5, 5.41) is 4.75. The first kappa shape index (κ1) is 11.2. The first-order valence-electron chi connectivity index (χ1n) is 4.42. The lowest BCUT2D eigenvalue weighted by Crippen LogP contribution is -2.06. The summed E-state index contributed by atoms with van der Waals surface area (Å²) >= 11 is 11.7. The summed E-state index contributed by atoms with van der Waals surface area (Å²) in [6, 6.07) is 5.51. The Labute approximate surface area is 102 Å². The van der Waals surface area contributed by atoms with Crippen LogP contribution in [0.3, 0.4) is 0 Å². The molecule has 0 radical (unpaired) electrons. The molecule has 0 aliphatic heterocycles. The summed E-state index contributed by atoms with van der Waals surface area (Å²) in [5.74, 6) is 5.64. The molecule has 3 N–H and O–H groups in total. The first-order valence-corrected chi connectivity index (χ1v) is 5.18. The first-order chi connectivity index (χ1) is 7.69. The van der Waals surface area contributed by atoms with Crippen molar-refractivity contribution in [2.45, 2.75) is 6.42 Å². The number of halogens is 2. The number of nitrogens with zero attached hydrogens (tertiary/aromatic N) is 2. The molecule has 16 heavy (non-hydrogen) atoms. The van der Waals surface area contributed by atoms with Gasteiger partial charge in [0.15, 0.2) is 5.82 Å². The predicted octanol–water partition coefficient (Wildman–Crippen LogP) is 2.25. The molecule has 0 aliphatic carbocycles. The molecular formula is C9H8Cl2N4O. The normalized spacial score (nSPS) is 10.4. The molecule has 0 aliphatic rings. The highest BCUT2D eigenvalue weighted by Crippen LogP contribution is 2.23. The quantitative estimate of drug-likeness (QED) is 0.653. The molecule has 0 saturated carbocycles. The van der Waals surface area contributed by atoms with Crippen LogP contribution in [-0.4, -0.2) is 10.1 Å². The van der Waals surface area contributed by atoms with Crippen LogP contribution in [0, 0.1) is 0 Å². The van der Waals surface area contributed by atoms with Gasteiger partial charge in [-0.25, -0.2) is 5.84 Å². The Morgan fingerprint density at radius 2 is 2.12 bits per heavy atom. The molecule has 84 valence electrons. The van der Waals surface area contributed by atoms with Gasteiger partial charge in [0.25, 0.3) is 0 Å². The molecule has 0 fully saturated rings. The van der Waals surface area contributed by atoms with Crippen molar-refractivity contribution in [3.63, 3.8) is 0 Å². The van der Waals surface area contributed by atoms with E-state index in [0.29, 0.717) is 22.3 Å². The summed E-state index contributed by atoms with van der Waals surface area (Å²) in [7, 11) is 0. The second-order valence-corrected chi connectivity index (χ2v) is 3.90. The van der Waals surface area contributed by atoms with E-state index in [9.17, 15) is 0 Å². The lowest BCUT2D eigenvalue weighted by atomic mass is 10.1. The fraction of sp³-hybridized carbons (Fsp3) is 0.111. The molecule has 0 atom stereocenters. The van der Waals surface area contributed by atoms with Crippen LogP contribution in [0.2, 0.25) is 10.0 Å². The number of anilines is 1. The third-order valence-corrected chi connectivity index (χ3v) is 2.68. The molecule has 0 unspecified atom stereocenters. The van der Waals surface area contributed by atoms with E-state index in [2.05, 4.69) is 15.6 Å². The lowest BCUT2D eigenvalue weighted by molar-refractivity contribution is 0.424. The van der Waals surface area contributed by atoms with E-state index in [-0.39, 0.29) is 6.01 Å². The third kappa shape index (κ3) is 2.44. The number of aromatic nitrogens is 2. The van der Waals surface area contributed by atoms with E-state index in [4.69, 9.17) is 33.6 Å². The average Bonchev–Trinajstić information content (AvgIpc) is 2.71. The molecular weight excluding hydrogens is 251 g/mol. The van der Waals surface area contributed by atoms with Crippen molar-refractivity contribution < 1.29 is 4.52 Å². The maximum atomic E-state index is 5.88. The van der Waals surface area contributed by atoms with Crippen molar-refractivity contribution in [3.05, 3.63) is 39.6 Å². The highest BCUT2D eigenvalue weighted by molar-refractivity contribution is 6.42. The Hall–Kier alpha value is -1.30. The highest BCUT2D eigenvalue weighted by Gasteiger charge is 2.07. The van der Waals surface area contributed by atoms with Crippen molar-refractivity contribution in [1.29, 1.82) is 0 Å². The molecule has 0 saturated heterocycles. The zero-order chi connectivity index (χ0) is 11.5. The molecule has 1 aromatic carbocycles. The smallest absolute Gasteiger partial charge is 0.314 e. The molecule has 1 aromatic heterocycles. The molecule has 2 aromatic rings. The number of nitrogens with two attached hydrogens (primary N) is 1. The summed E-state index contributed by atoms with van der Waals surface area (Å²) in [4.78, 5) is 3.99. The number of hydrogen-bond donors (Lipinski definition) is 2. The summed E-state index contributed by atoms with van der Waals surface area (Å²) in [6.45, 7) is 0. The van der Waals surface area contributed by atoms with Gasteiger partial charge >= 0.3 is 6.01 Å². The minimum absolute atomic E-state index is 0.176. The number of rotatable bonds is 3. The van der Waals surface area contributed by atoms with Gasteiger partial charge < -0.3 is 4.52 Å². The van der Waals surface area contributed by atoms with Gasteiger partial charge in [-0.2, -0.15) is 4.98 Å². The van der Waals surface area contributed by atoms with Gasteiger partial charge in [0, 0.05) is 6.42 Å². The van der Waals surface area contributed by atoms with Crippen LogP contribution in [0.15, 0.2) is 22.7 Å². The number of hydrazine groups is 1. The lowest BCUT2D eigenvalue weighted by Gasteiger charge is -1.99. The van der Waals surface area contributed by atoms with E-state index in [1.54, 1.807) is 12.1 Å². The Balaban J connectivity index is 2.17. The van der Waals surface area contributed by atoms with Gasteiger partial charge in [0.2, 0.25) is 0 Å². The molecule has 5 nitrogen and oxygen atoms in total. The van der Waals surface area contributed by atoms with E-state index in [1.807, 2.05) is 6.07 Å². The van der Waals surface area contributed by atoms with E-state index >= 15 is 0 Å². The maximum absolute atomic E-state index is 5.88. The van der Waals surface area contributed by atoms with Crippen LogP contribution in [0.1, 0.15) is 11.4 Å². The van der Waals surface area contributed by atoms with Crippen LogP contribution in [0.5, 0.6) is 0 Å². The minimum Gasteiger partial charge on any atom is -0.314 e. The molecule has 0 bridgehead atoms. The van der Waals surface area contributed by atoms with Crippen LogP contribution in [0.4, 0.5) is 6.01 Å². The Morgan fingerprint density at radius 3 is 2.75 bits per heavy atom. The summed E-state index contributed by atoms with van der Waals surface area (Å²) in [6.07, 6.45) is 0.502. The largest absolute Gasteiger partial charge is 0.335 e. The van der Waals surface area contributed by atoms with E-state index < -0.39 is 0 Å². The minimum atomic E-state index is 0.176. The SMILES string of the molecule is NNc1nc(Cc2ccc(Cl)c(Cl)c2)no1. The van der Waals surface area contributed by atoms with Gasteiger partial charge in [-0.05, 0) is 17.7 Å². The van der Waals surface area contributed by atoms with Gasteiger partial charge in [-0.15, -0.1) is 0 Å².